The Kier molecular flexibility index (Phi) is 4.67. The summed E-state index contributed by atoms with van der Waals surface area (Å²) in [6.45, 7) is 0.598. The maximum atomic E-state index is 12.6. The third-order valence-corrected chi connectivity index (χ3v) is 5.17. The molecule has 24 heavy (non-hydrogen) atoms. The first-order chi connectivity index (χ1) is 11.6. The highest BCUT2D eigenvalue weighted by molar-refractivity contribution is 6.33. The number of carbonyl (C=O) groups excluding carboxylic acids is 1. The lowest BCUT2D eigenvalue weighted by Gasteiger charge is -2.42. The number of ether oxygens (including phenoxy) is 1. The number of amides is 1. The van der Waals surface area contributed by atoms with Crippen molar-refractivity contribution in [2.75, 3.05) is 19.4 Å². The van der Waals surface area contributed by atoms with Crippen molar-refractivity contribution in [3.63, 3.8) is 0 Å². The van der Waals surface area contributed by atoms with E-state index in [0.717, 1.165) is 12.8 Å². The van der Waals surface area contributed by atoms with Gasteiger partial charge >= 0.3 is 0 Å². The number of carbonyl (C=O) groups is 1. The van der Waals surface area contributed by atoms with Gasteiger partial charge < -0.3 is 15.8 Å². The van der Waals surface area contributed by atoms with Gasteiger partial charge in [0.25, 0.3) is 5.91 Å². The summed E-state index contributed by atoms with van der Waals surface area (Å²) in [4.78, 5) is 12.6. The predicted octanol–water partition coefficient (Wildman–Crippen LogP) is 3.78. The van der Waals surface area contributed by atoms with E-state index in [-0.39, 0.29) is 11.3 Å². The van der Waals surface area contributed by atoms with Crippen LogP contribution in [0.3, 0.4) is 0 Å². The maximum absolute atomic E-state index is 12.6. The highest BCUT2D eigenvalue weighted by atomic mass is 35.5. The second kappa shape index (κ2) is 6.73. The molecule has 1 fully saturated rings. The SMILES string of the molecule is COc1cc(N)c(Cl)cc1C(=O)NCC1(c2ccccc2)CCC1. The number of hydrogen-bond acceptors (Lipinski definition) is 3. The molecule has 1 aliphatic rings. The molecule has 1 aliphatic carbocycles. The number of nitrogen functional groups attached to an aromatic ring is 1. The summed E-state index contributed by atoms with van der Waals surface area (Å²) in [5.41, 5.74) is 7.87. The van der Waals surface area contributed by atoms with Crippen LogP contribution in [0.4, 0.5) is 5.69 Å². The Morgan fingerprint density at radius 3 is 2.58 bits per heavy atom. The van der Waals surface area contributed by atoms with E-state index in [9.17, 15) is 4.79 Å². The van der Waals surface area contributed by atoms with Crippen LogP contribution in [-0.4, -0.2) is 19.6 Å². The maximum Gasteiger partial charge on any atom is 0.255 e. The highest BCUT2D eigenvalue weighted by Crippen LogP contribution is 2.43. The van der Waals surface area contributed by atoms with Crippen LogP contribution in [0.5, 0.6) is 5.75 Å². The van der Waals surface area contributed by atoms with Crippen molar-refractivity contribution in [3.05, 3.63) is 58.6 Å². The fourth-order valence-electron chi connectivity index (χ4n) is 3.22. The molecule has 0 aromatic heterocycles. The first-order valence-electron chi connectivity index (χ1n) is 8.02. The van der Waals surface area contributed by atoms with Gasteiger partial charge in [0, 0.05) is 18.0 Å². The lowest BCUT2D eigenvalue weighted by Crippen LogP contribution is -2.45. The summed E-state index contributed by atoms with van der Waals surface area (Å²) in [5.74, 6) is 0.229. The molecule has 4 nitrogen and oxygen atoms in total. The highest BCUT2D eigenvalue weighted by Gasteiger charge is 2.38. The van der Waals surface area contributed by atoms with E-state index in [1.165, 1.54) is 19.1 Å². The lowest BCUT2D eigenvalue weighted by atomic mass is 9.64. The van der Waals surface area contributed by atoms with Crippen molar-refractivity contribution in [2.24, 2.45) is 0 Å². The molecule has 1 saturated carbocycles. The van der Waals surface area contributed by atoms with Crippen LogP contribution in [0.25, 0.3) is 0 Å². The standard InChI is InChI=1S/C19H21ClN2O2/c1-24-17-11-16(21)15(20)10-14(17)18(23)22-12-19(8-5-9-19)13-6-3-2-4-7-13/h2-4,6-7,10-11H,5,8-9,12,21H2,1H3,(H,22,23). The van der Waals surface area contributed by atoms with E-state index in [1.807, 2.05) is 18.2 Å². The zero-order valence-corrected chi connectivity index (χ0v) is 14.4. The Morgan fingerprint density at radius 2 is 2.00 bits per heavy atom. The van der Waals surface area contributed by atoms with Crippen molar-refractivity contribution in [1.82, 2.24) is 5.32 Å². The molecule has 0 radical (unpaired) electrons. The second-order valence-corrected chi connectivity index (χ2v) is 6.66. The Hall–Kier alpha value is -2.20. The van der Waals surface area contributed by atoms with Gasteiger partial charge in [-0.15, -0.1) is 0 Å². The smallest absolute Gasteiger partial charge is 0.255 e. The molecule has 0 unspecified atom stereocenters. The van der Waals surface area contributed by atoms with Crippen LogP contribution in [-0.2, 0) is 5.41 Å². The minimum atomic E-state index is -0.198. The van der Waals surface area contributed by atoms with Gasteiger partial charge in [-0.2, -0.15) is 0 Å². The molecular formula is C19H21ClN2O2. The molecule has 0 spiro atoms. The first-order valence-corrected chi connectivity index (χ1v) is 8.40. The van der Waals surface area contributed by atoms with Crippen LogP contribution < -0.4 is 15.8 Å². The Morgan fingerprint density at radius 1 is 1.29 bits per heavy atom. The number of methoxy groups -OCH3 is 1. The number of halogens is 1. The Bertz CT molecular complexity index is 743. The first kappa shape index (κ1) is 16.7. The molecule has 0 bridgehead atoms. The summed E-state index contributed by atoms with van der Waals surface area (Å²) in [5, 5.41) is 3.39. The normalized spacial score (nSPS) is 15.4. The monoisotopic (exact) mass is 344 g/mol. The molecule has 126 valence electrons. The van der Waals surface area contributed by atoms with E-state index < -0.39 is 0 Å². The average Bonchev–Trinajstić information content (AvgIpc) is 2.56. The third-order valence-electron chi connectivity index (χ3n) is 4.85. The van der Waals surface area contributed by atoms with Crippen molar-refractivity contribution in [1.29, 1.82) is 0 Å². The Labute approximate surface area is 147 Å². The lowest BCUT2D eigenvalue weighted by molar-refractivity contribution is 0.0925. The molecule has 3 N–H and O–H groups in total. The van der Waals surface area contributed by atoms with Gasteiger partial charge in [0.05, 0.1) is 23.4 Å². The van der Waals surface area contributed by atoms with Crippen molar-refractivity contribution < 1.29 is 9.53 Å². The van der Waals surface area contributed by atoms with E-state index in [1.54, 1.807) is 12.1 Å². The van der Waals surface area contributed by atoms with Crippen molar-refractivity contribution in [3.8, 4) is 5.75 Å². The number of hydrogen-bond donors (Lipinski definition) is 2. The summed E-state index contributed by atoms with van der Waals surface area (Å²) in [6, 6.07) is 13.5. The van der Waals surface area contributed by atoms with Gasteiger partial charge in [-0.3, -0.25) is 4.79 Å². The third kappa shape index (κ3) is 3.06. The fraction of sp³-hybridized carbons (Fsp3) is 0.316. The van der Waals surface area contributed by atoms with Gasteiger partial charge in [0.2, 0.25) is 0 Å². The average molecular weight is 345 g/mol. The van der Waals surface area contributed by atoms with E-state index in [2.05, 4.69) is 17.4 Å². The quantitative estimate of drug-likeness (QED) is 0.811. The largest absolute Gasteiger partial charge is 0.496 e. The van der Waals surface area contributed by atoms with Gasteiger partial charge in [-0.05, 0) is 24.5 Å². The van der Waals surface area contributed by atoms with Crippen molar-refractivity contribution >= 4 is 23.2 Å². The number of anilines is 1. The molecule has 2 aromatic carbocycles. The molecule has 0 heterocycles. The zero-order valence-electron chi connectivity index (χ0n) is 13.6. The van der Waals surface area contributed by atoms with Gasteiger partial charge in [0.15, 0.2) is 0 Å². The number of nitrogens with two attached hydrogens (primary N) is 1. The van der Waals surface area contributed by atoms with E-state index in [4.69, 9.17) is 22.1 Å². The topological polar surface area (TPSA) is 64.3 Å². The van der Waals surface area contributed by atoms with Crippen LogP contribution in [0.2, 0.25) is 5.02 Å². The minimum Gasteiger partial charge on any atom is -0.496 e. The molecule has 0 saturated heterocycles. The van der Waals surface area contributed by atoms with Gasteiger partial charge in [-0.1, -0.05) is 48.4 Å². The molecule has 5 heteroatoms. The molecule has 0 aliphatic heterocycles. The van der Waals surface area contributed by atoms with Gasteiger partial charge in [0.1, 0.15) is 5.75 Å². The molecule has 2 aromatic rings. The molecular weight excluding hydrogens is 324 g/mol. The fourth-order valence-corrected chi connectivity index (χ4v) is 3.39. The van der Waals surface area contributed by atoms with Crippen molar-refractivity contribution in [2.45, 2.75) is 24.7 Å². The van der Waals surface area contributed by atoms with Crippen LogP contribution in [0, 0.1) is 0 Å². The molecule has 0 atom stereocenters. The van der Waals surface area contributed by atoms with Crippen LogP contribution >= 0.6 is 11.6 Å². The van der Waals surface area contributed by atoms with E-state index >= 15 is 0 Å². The summed E-state index contributed by atoms with van der Waals surface area (Å²) >= 11 is 6.05. The molecule has 3 rings (SSSR count). The predicted molar refractivity (Wildman–Crippen MR) is 96.7 cm³/mol. The number of benzene rings is 2. The second-order valence-electron chi connectivity index (χ2n) is 6.26. The van der Waals surface area contributed by atoms with Crippen LogP contribution in [0.15, 0.2) is 42.5 Å². The summed E-state index contributed by atoms with van der Waals surface area (Å²) < 4.78 is 5.26. The van der Waals surface area contributed by atoms with Gasteiger partial charge in [-0.25, -0.2) is 0 Å². The minimum absolute atomic E-state index is 0.0295. The zero-order chi connectivity index (χ0) is 17.2. The van der Waals surface area contributed by atoms with E-state index in [0.29, 0.717) is 28.6 Å². The summed E-state index contributed by atoms with van der Waals surface area (Å²) in [7, 11) is 1.51. The summed E-state index contributed by atoms with van der Waals surface area (Å²) in [6.07, 6.45) is 3.34. The Balaban J connectivity index is 1.77. The number of rotatable bonds is 5. The van der Waals surface area contributed by atoms with Crippen LogP contribution in [0.1, 0.15) is 35.2 Å². The number of nitrogens with one attached hydrogen (secondary N) is 1. The molecule has 1 amide bonds.